The molecule has 0 radical (unpaired) electrons. The summed E-state index contributed by atoms with van der Waals surface area (Å²) >= 11 is 0. The van der Waals surface area contributed by atoms with E-state index in [0.717, 1.165) is 0 Å². The first-order valence-electron chi connectivity index (χ1n) is 4.68. The van der Waals surface area contributed by atoms with Gasteiger partial charge in [-0.05, 0) is 12.5 Å². The third kappa shape index (κ3) is 2.67. The highest BCUT2D eigenvalue weighted by Gasteiger charge is 2.19. The number of carbonyl (C=O) groups excluding carboxylic acids is 1. The monoisotopic (exact) mass is 206 g/mol. The highest BCUT2D eigenvalue weighted by atomic mass is 16.5. The van der Waals surface area contributed by atoms with Gasteiger partial charge in [-0.1, -0.05) is 36.4 Å². The normalized spacial score (nSPS) is 13.4. The van der Waals surface area contributed by atoms with Crippen molar-refractivity contribution in [1.29, 1.82) is 0 Å². The summed E-state index contributed by atoms with van der Waals surface area (Å²) < 4.78 is 4.58. The minimum absolute atomic E-state index is 0.253. The van der Waals surface area contributed by atoms with Crippen molar-refractivity contribution in [3.05, 3.63) is 47.5 Å². The van der Waals surface area contributed by atoms with Gasteiger partial charge in [-0.3, -0.25) is 0 Å². The lowest BCUT2D eigenvalue weighted by Crippen LogP contribution is -2.12. The average molecular weight is 206 g/mol. The lowest BCUT2D eigenvalue weighted by atomic mass is 10.0. The van der Waals surface area contributed by atoms with Gasteiger partial charge in [0.1, 0.15) is 6.10 Å². The summed E-state index contributed by atoms with van der Waals surface area (Å²) in [7, 11) is 1.30. The molecule has 80 valence electrons. The fourth-order valence-corrected chi connectivity index (χ4v) is 1.32. The van der Waals surface area contributed by atoms with Gasteiger partial charge in [0.15, 0.2) is 0 Å². The summed E-state index contributed by atoms with van der Waals surface area (Å²) in [4.78, 5) is 11.3. The molecule has 3 nitrogen and oxygen atoms in total. The topological polar surface area (TPSA) is 46.5 Å². The zero-order chi connectivity index (χ0) is 11.3. The molecule has 0 aliphatic carbocycles. The molecule has 0 aliphatic heterocycles. The van der Waals surface area contributed by atoms with Crippen LogP contribution in [0.5, 0.6) is 0 Å². The predicted octanol–water partition coefficient (Wildman–Crippen LogP) is 1.84. The molecule has 0 saturated heterocycles. The number of carbonyl (C=O) groups is 1. The number of aliphatic hydroxyl groups excluding tert-OH is 1. The van der Waals surface area contributed by atoms with Gasteiger partial charge < -0.3 is 9.84 Å². The van der Waals surface area contributed by atoms with Crippen LogP contribution in [0.3, 0.4) is 0 Å². The standard InChI is InChI=1S/C12H14O3/c1-3-10(12(14)15-2)11(13)9-7-5-4-6-8-9/h3-8,11,13H,1-2H3/b10-3-. The molecular formula is C12H14O3. The summed E-state index contributed by atoms with van der Waals surface area (Å²) in [5, 5.41) is 9.91. The van der Waals surface area contributed by atoms with E-state index in [2.05, 4.69) is 4.74 Å². The van der Waals surface area contributed by atoms with Gasteiger partial charge in [0, 0.05) is 0 Å². The molecule has 0 amide bonds. The van der Waals surface area contributed by atoms with Crippen molar-refractivity contribution in [2.75, 3.05) is 7.11 Å². The van der Waals surface area contributed by atoms with E-state index in [1.54, 1.807) is 25.1 Å². The van der Waals surface area contributed by atoms with Gasteiger partial charge in [0.25, 0.3) is 0 Å². The Bertz CT molecular complexity index is 354. The summed E-state index contributed by atoms with van der Waals surface area (Å²) in [6.07, 6.45) is 0.632. The van der Waals surface area contributed by atoms with Crippen LogP contribution in [0.4, 0.5) is 0 Å². The molecule has 1 rings (SSSR count). The Morgan fingerprint density at radius 3 is 2.47 bits per heavy atom. The van der Waals surface area contributed by atoms with Crippen molar-refractivity contribution in [3.8, 4) is 0 Å². The predicted molar refractivity (Wildman–Crippen MR) is 57.2 cm³/mol. The van der Waals surface area contributed by atoms with Gasteiger partial charge in [0.05, 0.1) is 12.7 Å². The highest BCUT2D eigenvalue weighted by molar-refractivity contribution is 5.89. The van der Waals surface area contributed by atoms with E-state index < -0.39 is 12.1 Å². The lowest BCUT2D eigenvalue weighted by Gasteiger charge is -2.12. The Kier molecular flexibility index (Phi) is 4.06. The first-order chi connectivity index (χ1) is 7.20. The molecule has 3 heteroatoms. The quantitative estimate of drug-likeness (QED) is 0.606. The van der Waals surface area contributed by atoms with Gasteiger partial charge in [0.2, 0.25) is 0 Å². The van der Waals surface area contributed by atoms with Crippen molar-refractivity contribution in [2.45, 2.75) is 13.0 Å². The molecule has 0 aliphatic rings. The molecule has 0 fully saturated rings. The molecule has 0 aromatic heterocycles. The Hall–Kier alpha value is -1.61. The van der Waals surface area contributed by atoms with Crippen LogP contribution >= 0.6 is 0 Å². The van der Waals surface area contributed by atoms with Crippen LogP contribution in [-0.2, 0) is 9.53 Å². The minimum Gasteiger partial charge on any atom is -0.466 e. The molecule has 1 atom stereocenters. The maximum Gasteiger partial charge on any atom is 0.336 e. The molecule has 1 aromatic rings. The smallest absolute Gasteiger partial charge is 0.336 e. The molecule has 1 unspecified atom stereocenters. The lowest BCUT2D eigenvalue weighted by molar-refractivity contribution is -0.137. The zero-order valence-corrected chi connectivity index (χ0v) is 8.81. The maximum atomic E-state index is 11.3. The third-order valence-corrected chi connectivity index (χ3v) is 2.14. The molecular weight excluding hydrogens is 192 g/mol. The molecule has 0 spiro atoms. The van der Waals surface area contributed by atoms with E-state index in [9.17, 15) is 9.90 Å². The van der Waals surface area contributed by atoms with Crippen molar-refractivity contribution in [2.24, 2.45) is 0 Å². The number of esters is 1. The molecule has 0 heterocycles. The molecule has 1 N–H and O–H groups in total. The zero-order valence-electron chi connectivity index (χ0n) is 8.81. The van der Waals surface area contributed by atoms with Gasteiger partial charge in [-0.25, -0.2) is 4.79 Å². The summed E-state index contributed by atoms with van der Waals surface area (Å²) in [5.74, 6) is -0.506. The first kappa shape index (κ1) is 11.5. The van der Waals surface area contributed by atoms with Crippen molar-refractivity contribution < 1.29 is 14.6 Å². The number of allylic oxidation sites excluding steroid dienone is 1. The number of ether oxygens (including phenoxy) is 1. The van der Waals surface area contributed by atoms with E-state index in [1.807, 2.05) is 18.2 Å². The Morgan fingerprint density at radius 1 is 1.40 bits per heavy atom. The van der Waals surface area contributed by atoms with Gasteiger partial charge in [-0.15, -0.1) is 0 Å². The largest absolute Gasteiger partial charge is 0.466 e. The molecule has 0 saturated carbocycles. The number of rotatable bonds is 3. The first-order valence-corrected chi connectivity index (χ1v) is 4.68. The van der Waals surface area contributed by atoms with Gasteiger partial charge in [-0.2, -0.15) is 0 Å². The van der Waals surface area contributed by atoms with Crippen LogP contribution in [0.2, 0.25) is 0 Å². The fraction of sp³-hybridized carbons (Fsp3) is 0.250. The SMILES string of the molecule is C/C=C(\C(=O)OC)C(O)c1ccccc1. The second-order valence-electron chi connectivity index (χ2n) is 3.05. The summed E-state index contributed by atoms with van der Waals surface area (Å²) in [6, 6.07) is 8.99. The minimum atomic E-state index is -0.927. The summed E-state index contributed by atoms with van der Waals surface area (Å²) in [6.45, 7) is 1.69. The number of benzene rings is 1. The Morgan fingerprint density at radius 2 is 2.00 bits per heavy atom. The van der Waals surface area contributed by atoms with E-state index in [0.29, 0.717) is 5.56 Å². The van der Waals surface area contributed by atoms with Crippen molar-refractivity contribution in [1.82, 2.24) is 0 Å². The number of hydrogen-bond donors (Lipinski definition) is 1. The van der Waals surface area contributed by atoms with Crippen LogP contribution in [0.1, 0.15) is 18.6 Å². The van der Waals surface area contributed by atoms with E-state index >= 15 is 0 Å². The van der Waals surface area contributed by atoms with E-state index in [1.165, 1.54) is 7.11 Å². The number of methoxy groups -OCH3 is 1. The molecule has 0 bridgehead atoms. The number of aliphatic hydroxyl groups is 1. The number of hydrogen-bond acceptors (Lipinski definition) is 3. The second-order valence-corrected chi connectivity index (χ2v) is 3.05. The Balaban J connectivity index is 2.93. The van der Waals surface area contributed by atoms with Crippen LogP contribution in [-0.4, -0.2) is 18.2 Å². The van der Waals surface area contributed by atoms with Crippen LogP contribution in [0.15, 0.2) is 42.0 Å². The van der Waals surface area contributed by atoms with Crippen LogP contribution < -0.4 is 0 Å². The van der Waals surface area contributed by atoms with E-state index in [-0.39, 0.29) is 5.57 Å². The van der Waals surface area contributed by atoms with Crippen LogP contribution in [0, 0.1) is 0 Å². The van der Waals surface area contributed by atoms with E-state index in [4.69, 9.17) is 0 Å². The van der Waals surface area contributed by atoms with Gasteiger partial charge >= 0.3 is 5.97 Å². The fourth-order valence-electron chi connectivity index (χ4n) is 1.32. The highest BCUT2D eigenvalue weighted by Crippen LogP contribution is 2.21. The Labute approximate surface area is 89.0 Å². The molecule has 1 aromatic carbocycles. The third-order valence-electron chi connectivity index (χ3n) is 2.14. The maximum absolute atomic E-state index is 11.3. The second kappa shape index (κ2) is 5.32. The van der Waals surface area contributed by atoms with Crippen LogP contribution in [0.25, 0.3) is 0 Å². The van der Waals surface area contributed by atoms with Crippen molar-refractivity contribution in [3.63, 3.8) is 0 Å². The summed E-state index contributed by atoms with van der Waals surface area (Å²) in [5.41, 5.74) is 0.930. The average Bonchev–Trinajstić information content (AvgIpc) is 2.30. The van der Waals surface area contributed by atoms with Crippen molar-refractivity contribution >= 4 is 5.97 Å². The molecule has 15 heavy (non-hydrogen) atoms.